The van der Waals surface area contributed by atoms with Crippen molar-refractivity contribution >= 4 is 0 Å². The Labute approximate surface area is 191 Å². The molecule has 3 aromatic rings. The molecule has 0 amide bonds. The first-order valence-corrected chi connectivity index (χ1v) is 11.7. The maximum atomic E-state index is 2.50. The van der Waals surface area contributed by atoms with E-state index in [0.29, 0.717) is 11.8 Å². The van der Waals surface area contributed by atoms with Gasteiger partial charge >= 0.3 is 0 Å². The van der Waals surface area contributed by atoms with Crippen LogP contribution in [0.25, 0.3) is 11.3 Å². The summed E-state index contributed by atoms with van der Waals surface area (Å²) in [6.45, 7) is 24.8. The number of aromatic nitrogens is 2. The van der Waals surface area contributed by atoms with Crippen molar-refractivity contribution in [2.24, 2.45) is 0 Å². The van der Waals surface area contributed by atoms with Crippen molar-refractivity contribution in [1.82, 2.24) is 9.13 Å². The molecule has 0 radical (unpaired) electrons. The molecule has 2 nitrogen and oxygen atoms in total. The average molecular weight is 421 g/mol. The third-order valence-corrected chi connectivity index (χ3v) is 5.61. The van der Waals surface area contributed by atoms with E-state index >= 15 is 0 Å². The molecule has 2 aromatic heterocycles. The number of hydrogen-bond acceptors (Lipinski definition) is 0. The van der Waals surface area contributed by atoms with Crippen LogP contribution >= 0.6 is 0 Å². The van der Waals surface area contributed by atoms with Gasteiger partial charge in [0.15, 0.2) is 0 Å². The second-order valence-electron chi connectivity index (χ2n) is 11.2. The molecule has 0 spiro atoms. The zero-order chi connectivity index (χ0) is 23.6. The van der Waals surface area contributed by atoms with Gasteiger partial charge in [-0.1, -0.05) is 58.0 Å². The Morgan fingerprint density at radius 1 is 0.581 bits per heavy atom. The van der Waals surface area contributed by atoms with E-state index in [1.807, 2.05) is 0 Å². The highest BCUT2D eigenvalue weighted by Gasteiger charge is 2.22. The van der Waals surface area contributed by atoms with Crippen LogP contribution in [0.4, 0.5) is 0 Å². The second-order valence-corrected chi connectivity index (χ2v) is 11.2. The van der Waals surface area contributed by atoms with E-state index < -0.39 is 0 Å². The minimum absolute atomic E-state index is 0.124. The number of hydrogen-bond donors (Lipinski definition) is 0. The molecule has 1 aromatic carbocycles. The summed E-state index contributed by atoms with van der Waals surface area (Å²) >= 11 is 0. The Kier molecular flexibility index (Phi) is 7.68. The molecule has 0 saturated heterocycles. The van der Waals surface area contributed by atoms with Crippen molar-refractivity contribution < 1.29 is 0 Å². The SMILES string of the molecule is CC(C)c1ccc(C(C)C)n1C(C)(C)C.Cc1ccc(-c2ccccc2)n1C(C)(C)C. The Hall–Kier alpha value is -2.22. The average Bonchev–Trinajstić information content (AvgIpc) is 3.26. The van der Waals surface area contributed by atoms with Crippen LogP contribution in [0, 0.1) is 6.92 Å². The second kappa shape index (κ2) is 9.51. The smallest absolute Gasteiger partial charge is 0.0487 e. The Morgan fingerprint density at radius 3 is 1.42 bits per heavy atom. The van der Waals surface area contributed by atoms with Crippen LogP contribution in [-0.4, -0.2) is 9.13 Å². The molecule has 0 aliphatic carbocycles. The van der Waals surface area contributed by atoms with Gasteiger partial charge in [0.1, 0.15) is 0 Å². The van der Waals surface area contributed by atoms with Gasteiger partial charge in [-0.25, -0.2) is 0 Å². The van der Waals surface area contributed by atoms with E-state index in [4.69, 9.17) is 0 Å². The summed E-state index contributed by atoms with van der Waals surface area (Å²) in [6, 6.07) is 19.5. The summed E-state index contributed by atoms with van der Waals surface area (Å²) in [5.74, 6) is 1.19. The van der Waals surface area contributed by atoms with Gasteiger partial charge in [-0.3, -0.25) is 0 Å². The molecule has 3 rings (SSSR count). The molecular formula is C29H44N2. The molecule has 31 heavy (non-hydrogen) atoms. The first-order valence-electron chi connectivity index (χ1n) is 11.7. The van der Waals surface area contributed by atoms with Gasteiger partial charge in [0.2, 0.25) is 0 Å². The topological polar surface area (TPSA) is 9.86 Å². The Bertz CT molecular complexity index is 929. The predicted octanol–water partition coefficient (Wildman–Crippen LogP) is 8.71. The number of benzene rings is 1. The van der Waals surface area contributed by atoms with Crippen LogP contribution in [0.5, 0.6) is 0 Å². The van der Waals surface area contributed by atoms with Gasteiger partial charge in [0.25, 0.3) is 0 Å². The van der Waals surface area contributed by atoms with E-state index in [0.717, 1.165) is 0 Å². The van der Waals surface area contributed by atoms with E-state index in [-0.39, 0.29) is 11.1 Å². The summed E-state index contributed by atoms with van der Waals surface area (Å²) < 4.78 is 4.89. The standard InChI is InChI=1S/C15H19N.C14H25N/c1-12-10-11-14(16(12)15(2,3)4)13-8-6-5-7-9-13;1-10(2)12-8-9-13(11(3)4)15(12)14(5,6)7/h5-11H,1-4H3;8-11H,1-7H3. The molecule has 0 saturated carbocycles. The summed E-state index contributed by atoms with van der Waals surface area (Å²) in [5.41, 5.74) is 7.10. The molecule has 0 unspecified atom stereocenters. The summed E-state index contributed by atoms with van der Waals surface area (Å²) in [7, 11) is 0. The van der Waals surface area contributed by atoms with Gasteiger partial charge in [0, 0.05) is 33.9 Å². The van der Waals surface area contributed by atoms with Gasteiger partial charge in [-0.15, -0.1) is 0 Å². The van der Waals surface area contributed by atoms with Gasteiger partial charge in [-0.2, -0.15) is 0 Å². The highest BCUT2D eigenvalue weighted by atomic mass is 15.1. The number of rotatable bonds is 3. The van der Waals surface area contributed by atoms with Crippen molar-refractivity contribution in [2.45, 2.75) is 99.1 Å². The Morgan fingerprint density at radius 2 is 1.03 bits per heavy atom. The fraction of sp³-hybridized carbons (Fsp3) is 0.517. The number of nitrogens with zero attached hydrogens (tertiary/aromatic N) is 2. The molecule has 0 fully saturated rings. The molecule has 0 aliphatic heterocycles. The molecule has 2 heteroatoms. The minimum atomic E-state index is 0.124. The van der Waals surface area contributed by atoms with Crippen LogP contribution in [0.2, 0.25) is 0 Å². The molecule has 0 aliphatic rings. The first-order chi connectivity index (χ1) is 14.2. The largest absolute Gasteiger partial charge is 0.343 e. The lowest BCUT2D eigenvalue weighted by atomic mass is 10.0. The summed E-state index contributed by atoms with van der Waals surface area (Å²) in [4.78, 5) is 0. The molecule has 2 heterocycles. The van der Waals surface area contributed by atoms with Crippen molar-refractivity contribution in [3.05, 3.63) is 71.7 Å². The van der Waals surface area contributed by atoms with E-state index in [9.17, 15) is 0 Å². The fourth-order valence-electron chi connectivity index (χ4n) is 4.41. The minimum Gasteiger partial charge on any atom is -0.343 e. The molecule has 170 valence electrons. The third-order valence-electron chi connectivity index (χ3n) is 5.61. The third kappa shape index (κ3) is 5.93. The highest BCUT2D eigenvalue weighted by Crippen LogP contribution is 2.31. The molecular weight excluding hydrogens is 376 g/mol. The van der Waals surface area contributed by atoms with Crippen molar-refractivity contribution in [3.8, 4) is 11.3 Å². The molecule has 0 N–H and O–H groups in total. The quantitative estimate of drug-likeness (QED) is 0.401. The lowest BCUT2D eigenvalue weighted by Crippen LogP contribution is -2.26. The highest BCUT2D eigenvalue weighted by molar-refractivity contribution is 5.61. The van der Waals surface area contributed by atoms with Crippen LogP contribution in [0.1, 0.15) is 98.2 Å². The van der Waals surface area contributed by atoms with Crippen molar-refractivity contribution in [2.75, 3.05) is 0 Å². The lowest BCUT2D eigenvalue weighted by Gasteiger charge is -2.30. The van der Waals surface area contributed by atoms with Gasteiger partial charge in [0.05, 0.1) is 0 Å². The Balaban J connectivity index is 0.000000221. The van der Waals surface area contributed by atoms with Crippen molar-refractivity contribution in [1.29, 1.82) is 0 Å². The van der Waals surface area contributed by atoms with Gasteiger partial charge < -0.3 is 9.13 Å². The van der Waals surface area contributed by atoms with Crippen LogP contribution in [0.3, 0.4) is 0 Å². The van der Waals surface area contributed by atoms with E-state index in [2.05, 4.69) is 140 Å². The number of aryl methyl sites for hydroxylation is 1. The normalized spacial score (nSPS) is 12.3. The van der Waals surface area contributed by atoms with Gasteiger partial charge in [-0.05, 0) is 90.1 Å². The monoisotopic (exact) mass is 420 g/mol. The van der Waals surface area contributed by atoms with E-state index in [1.165, 1.54) is 28.3 Å². The predicted molar refractivity (Wildman–Crippen MR) is 137 cm³/mol. The lowest BCUT2D eigenvalue weighted by molar-refractivity contribution is 0.364. The summed E-state index contributed by atoms with van der Waals surface area (Å²) in [5, 5.41) is 0. The molecule has 0 atom stereocenters. The van der Waals surface area contributed by atoms with Crippen LogP contribution in [-0.2, 0) is 11.1 Å². The first kappa shape index (κ1) is 25.0. The van der Waals surface area contributed by atoms with E-state index in [1.54, 1.807) is 0 Å². The fourth-order valence-corrected chi connectivity index (χ4v) is 4.41. The maximum Gasteiger partial charge on any atom is 0.0487 e. The summed E-state index contributed by atoms with van der Waals surface area (Å²) in [6.07, 6.45) is 0. The maximum absolute atomic E-state index is 2.50. The van der Waals surface area contributed by atoms with Crippen LogP contribution < -0.4 is 0 Å². The zero-order valence-corrected chi connectivity index (χ0v) is 21.7. The van der Waals surface area contributed by atoms with Crippen molar-refractivity contribution in [3.63, 3.8) is 0 Å². The molecule has 0 bridgehead atoms. The zero-order valence-electron chi connectivity index (χ0n) is 21.7. The van der Waals surface area contributed by atoms with Crippen LogP contribution in [0.15, 0.2) is 54.6 Å².